The minimum absolute atomic E-state index is 0. The zero-order valence-corrected chi connectivity index (χ0v) is 6.68. The molecule has 0 heterocycles. The fourth-order valence-electron chi connectivity index (χ4n) is 0.940. The van der Waals surface area contributed by atoms with Crippen LogP contribution in [0.5, 0.6) is 0 Å². The van der Waals surface area contributed by atoms with Gasteiger partial charge in [-0.2, -0.15) is 0 Å². The molecule has 0 aliphatic rings. The molecule has 1 atom stereocenters. The molecule has 0 spiro atoms. The Bertz CT molecular complexity index is 146. The van der Waals surface area contributed by atoms with Crippen LogP contribution in [0.4, 0.5) is 0 Å². The Morgan fingerprint density at radius 1 is 1.80 bits per heavy atom. The molecule has 0 fully saturated rings. The van der Waals surface area contributed by atoms with Crippen LogP contribution in [0.1, 0.15) is 34.5 Å². The summed E-state index contributed by atoms with van der Waals surface area (Å²) in [7, 11) is 0. The quantitative estimate of drug-likeness (QED) is 0.547. The molecule has 0 bridgehead atoms. The first-order chi connectivity index (χ1) is 4.70. The van der Waals surface area contributed by atoms with E-state index in [1.807, 2.05) is 0 Å². The zero-order valence-electron chi connectivity index (χ0n) is 6.68. The Morgan fingerprint density at radius 2 is 2.40 bits per heavy atom. The van der Waals surface area contributed by atoms with Gasteiger partial charge in [0, 0.05) is 13.8 Å². The predicted molar refractivity (Wildman–Crippen MR) is 44.6 cm³/mol. The van der Waals surface area contributed by atoms with Gasteiger partial charge in [0.15, 0.2) is 0 Å². The highest BCUT2D eigenvalue weighted by Crippen LogP contribution is 2.09. The summed E-state index contributed by atoms with van der Waals surface area (Å²) < 4.78 is 0. The minimum Gasteiger partial charge on any atom is -0.300 e. The SMILES string of the molecule is C#CC(CCC)CC(C)=O.[HH]. The van der Waals surface area contributed by atoms with Crippen molar-refractivity contribution in [1.29, 1.82) is 0 Å². The topological polar surface area (TPSA) is 17.1 Å². The summed E-state index contributed by atoms with van der Waals surface area (Å²) in [6, 6.07) is 0. The first-order valence-corrected chi connectivity index (χ1v) is 3.66. The predicted octanol–water partition coefficient (Wildman–Crippen LogP) is 2.26. The fraction of sp³-hybridized carbons (Fsp3) is 0.667. The number of carbonyl (C=O) groups is 1. The van der Waals surface area contributed by atoms with Gasteiger partial charge in [0.25, 0.3) is 0 Å². The van der Waals surface area contributed by atoms with Crippen LogP contribution in [-0.2, 0) is 4.79 Å². The average molecular weight is 140 g/mol. The molecule has 0 aliphatic heterocycles. The molecule has 0 N–H and O–H groups in total. The van der Waals surface area contributed by atoms with E-state index in [1.54, 1.807) is 6.92 Å². The second-order valence-corrected chi connectivity index (χ2v) is 2.56. The number of hydrogen-bond donors (Lipinski definition) is 0. The van der Waals surface area contributed by atoms with E-state index in [2.05, 4.69) is 12.8 Å². The van der Waals surface area contributed by atoms with Crippen molar-refractivity contribution in [3.63, 3.8) is 0 Å². The van der Waals surface area contributed by atoms with E-state index in [0.717, 1.165) is 12.8 Å². The van der Waals surface area contributed by atoms with Crippen LogP contribution in [0.15, 0.2) is 0 Å². The van der Waals surface area contributed by atoms with Gasteiger partial charge in [0.05, 0.1) is 0 Å². The molecule has 58 valence electrons. The smallest absolute Gasteiger partial charge is 0.131 e. The Kier molecular flexibility index (Phi) is 4.66. The Balaban J connectivity index is 0. The summed E-state index contributed by atoms with van der Waals surface area (Å²) in [5, 5.41) is 0. The van der Waals surface area contributed by atoms with Crippen LogP contribution in [0.2, 0.25) is 0 Å². The molecule has 0 rings (SSSR count). The fourth-order valence-corrected chi connectivity index (χ4v) is 0.940. The van der Waals surface area contributed by atoms with E-state index < -0.39 is 0 Å². The van der Waals surface area contributed by atoms with Crippen molar-refractivity contribution in [2.45, 2.75) is 33.1 Å². The highest BCUT2D eigenvalue weighted by molar-refractivity contribution is 5.76. The van der Waals surface area contributed by atoms with Crippen molar-refractivity contribution in [2.75, 3.05) is 0 Å². The summed E-state index contributed by atoms with van der Waals surface area (Å²) in [6.45, 7) is 3.66. The van der Waals surface area contributed by atoms with Crippen molar-refractivity contribution in [2.24, 2.45) is 5.92 Å². The van der Waals surface area contributed by atoms with Gasteiger partial charge in [-0.3, -0.25) is 4.79 Å². The van der Waals surface area contributed by atoms with Crippen LogP contribution in [-0.4, -0.2) is 5.78 Å². The largest absolute Gasteiger partial charge is 0.300 e. The van der Waals surface area contributed by atoms with Gasteiger partial charge in [0.2, 0.25) is 0 Å². The van der Waals surface area contributed by atoms with Crippen molar-refractivity contribution < 1.29 is 6.22 Å². The van der Waals surface area contributed by atoms with E-state index in [1.165, 1.54) is 0 Å². The molecule has 0 aliphatic carbocycles. The maximum absolute atomic E-state index is 10.6. The second kappa shape index (κ2) is 5.05. The number of carbonyl (C=O) groups excluding carboxylic acids is 1. The van der Waals surface area contributed by atoms with Crippen LogP contribution in [0, 0.1) is 18.3 Å². The lowest BCUT2D eigenvalue weighted by Gasteiger charge is -2.04. The van der Waals surface area contributed by atoms with E-state index in [9.17, 15) is 4.79 Å². The summed E-state index contributed by atoms with van der Waals surface area (Å²) in [6.07, 6.45) is 7.78. The molecule has 0 radical (unpaired) electrons. The van der Waals surface area contributed by atoms with Crippen LogP contribution in [0.3, 0.4) is 0 Å². The van der Waals surface area contributed by atoms with Crippen molar-refractivity contribution in [1.82, 2.24) is 0 Å². The van der Waals surface area contributed by atoms with E-state index in [4.69, 9.17) is 6.42 Å². The maximum atomic E-state index is 10.6. The molecule has 10 heavy (non-hydrogen) atoms. The number of rotatable bonds is 4. The first-order valence-electron chi connectivity index (χ1n) is 3.66. The summed E-state index contributed by atoms with van der Waals surface area (Å²) in [5.74, 6) is 2.97. The first kappa shape index (κ1) is 9.23. The molecule has 0 saturated heterocycles. The minimum atomic E-state index is 0. The highest BCUT2D eigenvalue weighted by Gasteiger charge is 2.05. The van der Waals surface area contributed by atoms with Crippen LogP contribution in [0.25, 0.3) is 0 Å². The number of ketones is 1. The lowest BCUT2D eigenvalue weighted by molar-refractivity contribution is -0.117. The number of hydrogen-bond acceptors (Lipinski definition) is 1. The molecular formula is C9H16O. The third-order valence-electron chi connectivity index (χ3n) is 1.41. The average Bonchev–Trinajstić information content (AvgIpc) is 1.86. The molecule has 0 aromatic rings. The van der Waals surface area contributed by atoms with Gasteiger partial charge in [-0.25, -0.2) is 0 Å². The Labute approximate surface area is 64.3 Å². The summed E-state index contributed by atoms with van der Waals surface area (Å²) in [4.78, 5) is 10.6. The Hall–Kier alpha value is -0.770. The zero-order chi connectivity index (χ0) is 7.98. The van der Waals surface area contributed by atoms with E-state index in [0.29, 0.717) is 6.42 Å². The molecule has 0 amide bonds. The van der Waals surface area contributed by atoms with Crippen molar-refractivity contribution in [3.05, 3.63) is 0 Å². The monoisotopic (exact) mass is 140 g/mol. The molecule has 0 aromatic heterocycles. The maximum Gasteiger partial charge on any atom is 0.131 e. The molecule has 1 nitrogen and oxygen atoms in total. The summed E-state index contributed by atoms with van der Waals surface area (Å²) >= 11 is 0. The van der Waals surface area contributed by atoms with Crippen molar-refractivity contribution >= 4 is 5.78 Å². The third kappa shape index (κ3) is 4.14. The Morgan fingerprint density at radius 3 is 2.70 bits per heavy atom. The van der Waals surface area contributed by atoms with Crippen LogP contribution < -0.4 is 0 Å². The summed E-state index contributed by atoms with van der Waals surface area (Å²) in [5.41, 5.74) is 0. The number of terminal acetylenes is 1. The molecule has 0 saturated carbocycles. The van der Waals surface area contributed by atoms with E-state index in [-0.39, 0.29) is 13.1 Å². The molecular weight excluding hydrogens is 124 g/mol. The van der Waals surface area contributed by atoms with Gasteiger partial charge in [-0.15, -0.1) is 12.3 Å². The normalized spacial score (nSPS) is 12.1. The van der Waals surface area contributed by atoms with Gasteiger partial charge >= 0.3 is 0 Å². The van der Waals surface area contributed by atoms with Crippen molar-refractivity contribution in [3.8, 4) is 12.3 Å². The highest BCUT2D eigenvalue weighted by atomic mass is 16.1. The molecule has 1 unspecified atom stereocenters. The van der Waals surface area contributed by atoms with Gasteiger partial charge in [0.1, 0.15) is 5.78 Å². The third-order valence-corrected chi connectivity index (χ3v) is 1.41. The molecule has 0 aromatic carbocycles. The second-order valence-electron chi connectivity index (χ2n) is 2.56. The van der Waals surface area contributed by atoms with E-state index >= 15 is 0 Å². The number of Topliss-reactive ketones (excluding diaryl/α,β-unsaturated/α-hetero) is 1. The van der Waals surface area contributed by atoms with Gasteiger partial charge in [-0.05, 0) is 13.3 Å². The van der Waals surface area contributed by atoms with Crippen LogP contribution >= 0.6 is 0 Å². The van der Waals surface area contributed by atoms with Gasteiger partial charge in [-0.1, -0.05) is 13.3 Å². The lowest BCUT2D eigenvalue weighted by Crippen LogP contribution is -2.02. The standard InChI is InChI=1S/C9H14O.H2/c1-4-6-9(5-2)7-8(3)10;/h2,9H,4,6-7H2,1,3H3;1H. The lowest BCUT2D eigenvalue weighted by atomic mass is 9.99. The van der Waals surface area contributed by atoms with Gasteiger partial charge < -0.3 is 0 Å². The molecule has 1 heteroatoms.